The highest BCUT2D eigenvalue weighted by Crippen LogP contribution is 2.11. The Hall–Kier alpha value is -3.88. The molecule has 0 aliphatic carbocycles. The van der Waals surface area contributed by atoms with E-state index in [0.29, 0.717) is 17.9 Å². The second-order valence-corrected chi connectivity index (χ2v) is 6.50. The summed E-state index contributed by atoms with van der Waals surface area (Å²) in [6.45, 7) is 3.73. The van der Waals surface area contributed by atoms with Gasteiger partial charge in [0.2, 0.25) is 0 Å². The van der Waals surface area contributed by atoms with Crippen molar-refractivity contribution in [1.82, 2.24) is 10.7 Å². The Morgan fingerprint density at radius 3 is 2.31 bits per heavy atom. The van der Waals surface area contributed by atoms with Crippen molar-refractivity contribution < 1.29 is 28.6 Å². The van der Waals surface area contributed by atoms with Crippen molar-refractivity contribution in [2.45, 2.75) is 26.3 Å². The quantitative estimate of drug-likeness (QED) is 0.314. The lowest BCUT2D eigenvalue weighted by Crippen LogP contribution is -2.47. The van der Waals surface area contributed by atoms with Crippen LogP contribution in [0.25, 0.3) is 0 Å². The van der Waals surface area contributed by atoms with Gasteiger partial charge in [0.15, 0.2) is 6.61 Å². The van der Waals surface area contributed by atoms with Crippen LogP contribution in [0.5, 0.6) is 5.75 Å². The molecule has 2 aromatic rings. The van der Waals surface area contributed by atoms with Crippen LogP contribution in [0.2, 0.25) is 0 Å². The van der Waals surface area contributed by atoms with Crippen LogP contribution in [0.15, 0.2) is 59.7 Å². The number of hydrogen-bond acceptors (Lipinski definition) is 7. The summed E-state index contributed by atoms with van der Waals surface area (Å²) < 4.78 is 15.0. The smallest absolute Gasteiger partial charge is 0.407 e. The van der Waals surface area contributed by atoms with Crippen molar-refractivity contribution in [2.24, 2.45) is 5.10 Å². The highest BCUT2D eigenvalue weighted by atomic mass is 16.6. The van der Waals surface area contributed by atoms with E-state index in [-0.39, 0.29) is 19.6 Å². The zero-order valence-corrected chi connectivity index (χ0v) is 18.1. The molecule has 170 valence electrons. The van der Waals surface area contributed by atoms with E-state index in [1.807, 2.05) is 30.3 Å². The molecule has 0 fully saturated rings. The van der Waals surface area contributed by atoms with Gasteiger partial charge in [0.25, 0.3) is 5.91 Å². The molecule has 2 N–H and O–H groups in total. The lowest BCUT2D eigenvalue weighted by atomic mass is 10.1. The van der Waals surface area contributed by atoms with Crippen LogP contribution in [-0.2, 0) is 25.5 Å². The largest absolute Gasteiger partial charge is 0.482 e. The van der Waals surface area contributed by atoms with Gasteiger partial charge in [-0.15, -0.1) is 0 Å². The number of carbonyl (C=O) groups excluding carboxylic acids is 3. The van der Waals surface area contributed by atoms with Crippen molar-refractivity contribution in [3.63, 3.8) is 0 Å². The van der Waals surface area contributed by atoms with E-state index in [4.69, 9.17) is 14.2 Å². The lowest BCUT2D eigenvalue weighted by Gasteiger charge is -2.16. The summed E-state index contributed by atoms with van der Waals surface area (Å²) in [6.07, 6.45) is 1.07. The Morgan fingerprint density at radius 1 is 0.969 bits per heavy atom. The number of rotatable bonds is 11. The minimum Gasteiger partial charge on any atom is -0.482 e. The van der Waals surface area contributed by atoms with E-state index >= 15 is 0 Å². The minimum atomic E-state index is -0.854. The SMILES string of the molecule is CCOC(=O)COc1ccc(/C=N\NC(=O)[C@H](Cc2ccccc2)NC(=O)OCC)cc1. The third kappa shape index (κ3) is 8.86. The van der Waals surface area contributed by atoms with E-state index in [1.165, 1.54) is 6.21 Å². The first-order valence-corrected chi connectivity index (χ1v) is 10.2. The molecular weight excluding hydrogens is 414 g/mol. The van der Waals surface area contributed by atoms with Gasteiger partial charge in [0, 0.05) is 6.42 Å². The van der Waals surface area contributed by atoms with Crippen LogP contribution in [0.4, 0.5) is 4.79 Å². The van der Waals surface area contributed by atoms with E-state index in [2.05, 4.69) is 15.8 Å². The van der Waals surface area contributed by atoms with Crippen molar-refractivity contribution in [2.75, 3.05) is 19.8 Å². The van der Waals surface area contributed by atoms with Crippen molar-refractivity contribution in [3.8, 4) is 5.75 Å². The molecule has 0 aromatic heterocycles. The number of benzene rings is 2. The van der Waals surface area contributed by atoms with Crippen molar-refractivity contribution in [3.05, 3.63) is 65.7 Å². The van der Waals surface area contributed by atoms with Crippen LogP contribution in [0, 0.1) is 0 Å². The molecule has 0 saturated carbocycles. The predicted molar refractivity (Wildman–Crippen MR) is 118 cm³/mol. The Labute approximate surface area is 186 Å². The molecular formula is C23H27N3O6. The summed E-state index contributed by atoms with van der Waals surface area (Å²) in [5.41, 5.74) is 4.02. The fourth-order valence-corrected chi connectivity index (χ4v) is 2.62. The Kier molecular flexibility index (Phi) is 10.2. The molecule has 0 saturated heterocycles. The monoisotopic (exact) mass is 441 g/mol. The number of nitrogens with one attached hydrogen (secondary N) is 2. The average molecular weight is 441 g/mol. The maximum atomic E-state index is 12.6. The fourth-order valence-electron chi connectivity index (χ4n) is 2.62. The normalized spacial score (nSPS) is 11.4. The number of nitrogens with zero attached hydrogens (tertiary/aromatic N) is 1. The fraction of sp³-hybridized carbons (Fsp3) is 0.304. The van der Waals surface area contributed by atoms with E-state index in [1.54, 1.807) is 38.1 Å². The minimum absolute atomic E-state index is 0.173. The number of amides is 2. The first-order valence-electron chi connectivity index (χ1n) is 10.2. The number of carbonyl (C=O) groups is 3. The van der Waals surface area contributed by atoms with Crippen LogP contribution < -0.4 is 15.5 Å². The molecule has 0 bridgehead atoms. The molecule has 2 rings (SSSR count). The molecule has 0 heterocycles. The van der Waals surface area contributed by atoms with Crippen molar-refractivity contribution >= 4 is 24.2 Å². The molecule has 32 heavy (non-hydrogen) atoms. The highest BCUT2D eigenvalue weighted by molar-refractivity contribution is 5.87. The van der Waals surface area contributed by atoms with Gasteiger partial charge in [0.05, 0.1) is 19.4 Å². The molecule has 0 aliphatic heterocycles. The van der Waals surface area contributed by atoms with Gasteiger partial charge < -0.3 is 19.5 Å². The van der Waals surface area contributed by atoms with Crippen LogP contribution in [0.3, 0.4) is 0 Å². The first kappa shape index (κ1) is 24.4. The van der Waals surface area contributed by atoms with Gasteiger partial charge in [-0.2, -0.15) is 5.10 Å². The summed E-state index contributed by atoms with van der Waals surface area (Å²) >= 11 is 0. The van der Waals surface area contributed by atoms with Crippen molar-refractivity contribution in [1.29, 1.82) is 0 Å². The van der Waals surface area contributed by atoms with E-state index in [9.17, 15) is 14.4 Å². The summed E-state index contributed by atoms with van der Waals surface area (Å²) in [7, 11) is 0. The maximum Gasteiger partial charge on any atom is 0.407 e. The van der Waals surface area contributed by atoms with Crippen LogP contribution >= 0.6 is 0 Å². The second kappa shape index (κ2) is 13.4. The Morgan fingerprint density at radius 2 is 1.66 bits per heavy atom. The number of hydrazone groups is 1. The number of ether oxygens (including phenoxy) is 3. The summed E-state index contributed by atoms with van der Waals surface area (Å²) in [6, 6.07) is 15.2. The summed E-state index contributed by atoms with van der Waals surface area (Å²) in [5.74, 6) is -0.421. The second-order valence-electron chi connectivity index (χ2n) is 6.50. The van der Waals surface area contributed by atoms with Gasteiger partial charge in [-0.1, -0.05) is 30.3 Å². The molecule has 9 heteroatoms. The van der Waals surface area contributed by atoms with Gasteiger partial charge in [0.1, 0.15) is 11.8 Å². The predicted octanol–water partition coefficient (Wildman–Crippen LogP) is 2.44. The maximum absolute atomic E-state index is 12.6. The number of esters is 1. The average Bonchev–Trinajstić information content (AvgIpc) is 2.79. The standard InChI is InChI=1S/C23H27N3O6/c1-3-30-21(27)16-32-19-12-10-18(11-13-19)15-24-26-22(28)20(25-23(29)31-4-2)14-17-8-6-5-7-9-17/h5-13,15,20H,3-4,14,16H2,1-2H3,(H,25,29)(H,26,28)/b24-15-/t20-/m0/s1. The lowest BCUT2D eigenvalue weighted by molar-refractivity contribution is -0.145. The molecule has 9 nitrogen and oxygen atoms in total. The van der Waals surface area contributed by atoms with E-state index < -0.39 is 24.0 Å². The third-order valence-electron chi connectivity index (χ3n) is 4.10. The number of hydrogen-bond donors (Lipinski definition) is 2. The summed E-state index contributed by atoms with van der Waals surface area (Å²) in [4.78, 5) is 35.7. The van der Waals surface area contributed by atoms with Crippen LogP contribution in [-0.4, -0.2) is 50.0 Å². The molecule has 1 atom stereocenters. The zero-order chi connectivity index (χ0) is 23.2. The third-order valence-corrected chi connectivity index (χ3v) is 4.10. The molecule has 0 unspecified atom stereocenters. The van der Waals surface area contributed by atoms with Crippen LogP contribution in [0.1, 0.15) is 25.0 Å². The van der Waals surface area contributed by atoms with Gasteiger partial charge in [-0.3, -0.25) is 4.79 Å². The molecule has 0 spiro atoms. The Bertz CT molecular complexity index is 900. The van der Waals surface area contributed by atoms with Gasteiger partial charge in [-0.05, 0) is 49.2 Å². The summed E-state index contributed by atoms with van der Waals surface area (Å²) in [5, 5.41) is 6.51. The molecule has 2 amide bonds. The van der Waals surface area contributed by atoms with Gasteiger partial charge in [-0.25, -0.2) is 15.0 Å². The highest BCUT2D eigenvalue weighted by Gasteiger charge is 2.21. The first-order chi connectivity index (χ1) is 15.5. The van der Waals surface area contributed by atoms with E-state index in [0.717, 1.165) is 5.56 Å². The Balaban J connectivity index is 1.92. The molecule has 0 aliphatic rings. The molecule has 2 aromatic carbocycles. The molecule has 0 radical (unpaired) electrons. The zero-order valence-electron chi connectivity index (χ0n) is 18.1. The van der Waals surface area contributed by atoms with Gasteiger partial charge >= 0.3 is 12.1 Å². The number of alkyl carbamates (subject to hydrolysis) is 1. The topological polar surface area (TPSA) is 115 Å².